The van der Waals surface area contributed by atoms with E-state index in [1.54, 1.807) is 4.90 Å². The van der Waals surface area contributed by atoms with Crippen LogP contribution >= 0.6 is 0 Å². The molecule has 0 aliphatic carbocycles. The van der Waals surface area contributed by atoms with Crippen molar-refractivity contribution in [1.82, 2.24) is 4.90 Å². The molecule has 1 aliphatic heterocycles. The molecule has 1 amide bonds. The first kappa shape index (κ1) is 14.0. The molecular weight excluding hydrogens is 222 g/mol. The summed E-state index contributed by atoms with van der Waals surface area (Å²) in [4.78, 5) is 24.1. The van der Waals surface area contributed by atoms with E-state index in [0.29, 0.717) is 13.0 Å². The molecule has 0 saturated carbocycles. The summed E-state index contributed by atoms with van der Waals surface area (Å²) in [5.41, 5.74) is -0.815. The van der Waals surface area contributed by atoms with E-state index in [4.69, 9.17) is 9.84 Å². The number of hydrogen-bond donors (Lipinski definition) is 1. The third-order valence-electron chi connectivity index (χ3n) is 3.02. The minimum absolute atomic E-state index is 0.0351. The third kappa shape index (κ3) is 3.70. The molecule has 1 rings (SSSR count). The van der Waals surface area contributed by atoms with Crippen LogP contribution in [0.3, 0.4) is 0 Å². The fourth-order valence-electron chi connectivity index (χ4n) is 1.92. The molecule has 5 heteroatoms. The Kier molecular flexibility index (Phi) is 3.81. The number of hydrogen-bond acceptors (Lipinski definition) is 3. The summed E-state index contributed by atoms with van der Waals surface area (Å²) < 4.78 is 5.50. The van der Waals surface area contributed by atoms with Gasteiger partial charge >= 0.3 is 5.97 Å². The van der Waals surface area contributed by atoms with Crippen molar-refractivity contribution in [3.05, 3.63) is 0 Å². The molecule has 0 bridgehead atoms. The zero-order valence-electron chi connectivity index (χ0n) is 10.9. The number of amides is 1. The van der Waals surface area contributed by atoms with E-state index in [1.807, 2.05) is 27.7 Å². The Balaban J connectivity index is 2.72. The van der Waals surface area contributed by atoms with E-state index in [1.165, 1.54) is 0 Å². The molecule has 1 atom stereocenters. The van der Waals surface area contributed by atoms with E-state index < -0.39 is 11.6 Å². The Morgan fingerprint density at radius 2 is 2.12 bits per heavy atom. The van der Waals surface area contributed by atoms with Crippen molar-refractivity contribution >= 4 is 11.9 Å². The van der Waals surface area contributed by atoms with Crippen LogP contribution in [0.1, 0.15) is 40.5 Å². The van der Waals surface area contributed by atoms with Gasteiger partial charge in [0.25, 0.3) is 0 Å². The molecule has 0 radical (unpaired) electrons. The molecule has 0 aromatic rings. The second-order valence-electron chi connectivity index (χ2n) is 5.78. The Morgan fingerprint density at radius 3 is 2.59 bits per heavy atom. The maximum atomic E-state index is 11.8. The van der Waals surface area contributed by atoms with Gasteiger partial charge in [-0.2, -0.15) is 0 Å². The second kappa shape index (κ2) is 4.64. The van der Waals surface area contributed by atoms with Crippen LogP contribution < -0.4 is 0 Å². The average molecular weight is 243 g/mol. The number of aliphatic carboxylic acids is 1. The zero-order valence-corrected chi connectivity index (χ0v) is 10.9. The SMILES string of the molecule is CC1(CCC(=O)O)CN(C(C)(C)C)C(=O)CO1. The minimum atomic E-state index is -0.839. The van der Waals surface area contributed by atoms with E-state index in [9.17, 15) is 9.59 Å². The lowest BCUT2D eigenvalue weighted by molar-refractivity contribution is -0.171. The van der Waals surface area contributed by atoms with Gasteiger partial charge in [0.2, 0.25) is 5.91 Å². The van der Waals surface area contributed by atoms with Gasteiger partial charge in [-0.25, -0.2) is 0 Å². The highest BCUT2D eigenvalue weighted by molar-refractivity contribution is 5.79. The molecule has 1 aliphatic rings. The Hall–Kier alpha value is -1.10. The largest absolute Gasteiger partial charge is 0.481 e. The van der Waals surface area contributed by atoms with Crippen molar-refractivity contribution in [3.8, 4) is 0 Å². The fourth-order valence-corrected chi connectivity index (χ4v) is 1.92. The third-order valence-corrected chi connectivity index (χ3v) is 3.02. The second-order valence-corrected chi connectivity index (χ2v) is 5.78. The molecule has 98 valence electrons. The highest BCUT2D eigenvalue weighted by Crippen LogP contribution is 2.28. The van der Waals surface area contributed by atoms with Crippen LogP contribution in [-0.2, 0) is 14.3 Å². The summed E-state index contributed by atoms with van der Waals surface area (Å²) in [6, 6.07) is 0. The van der Waals surface area contributed by atoms with Crippen molar-refractivity contribution in [2.75, 3.05) is 13.2 Å². The molecule has 5 nitrogen and oxygen atoms in total. The van der Waals surface area contributed by atoms with Crippen LogP contribution in [0.4, 0.5) is 0 Å². The van der Waals surface area contributed by atoms with Gasteiger partial charge in [-0.05, 0) is 34.1 Å². The van der Waals surface area contributed by atoms with Crippen LogP contribution in [0.2, 0.25) is 0 Å². The van der Waals surface area contributed by atoms with Crippen molar-refractivity contribution in [1.29, 1.82) is 0 Å². The van der Waals surface area contributed by atoms with Crippen LogP contribution in [0.25, 0.3) is 0 Å². The zero-order chi connectivity index (χ0) is 13.3. The van der Waals surface area contributed by atoms with Crippen LogP contribution in [0, 0.1) is 0 Å². The molecule has 0 spiro atoms. The van der Waals surface area contributed by atoms with Gasteiger partial charge in [0.1, 0.15) is 6.61 Å². The van der Waals surface area contributed by atoms with E-state index in [2.05, 4.69) is 0 Å². The first-order valence-electron chi connectivity index (χ1n) is 5.80. The predicted octanol–water partition coefficient (Wildman–Crippen LogP) is 1.27. The molecule has 0 aromatic carbocycles. The molecule has 1 fully saturated rings. The number of carbonyl (C=O) groups is 2. The Labute approximate surface area is 102 Å². The summed E-state index contributed by atoms with van der Waals surface area (Å²) >= 11 is 0. The number of rotatable bonds is 3. The summed E-state index contributed by atoms with van der Waals surface area (Å²) in [5, 5.41) is 8.70. The Bertz CT molecular complexity index is 321. The Morgan fingerprint density at radius 1 is 1.53 bits per heavy atom. The van der Waals surface area contributed by atoms with Crippen LogP contribution in [0.5, 0.6) is 0 Å². The number of morpholine rings is 1. The van der Waals surface area contributed by atoms with Gasteiger partial charge in [0.15, 0.2) is 0 Å². The summed E-state index contributed by atoms with van der Waals surface area (Å²) in [6.07, 6.45) is 0.477. The molecule has 17 heavy (non-hydrogen) atoms. The van der Waals surface area contributed by atoms with Crippen molar-refractivity contribution in [2.45, 2.75) is 51.7 Å². The molecule has 1 heterocycles. The van der Waals surface area contributed by atoms with Gasteiger partial charge < -0.3 is 14.7 Å². The number of ether oxygens (including phenoxy) is 1. The van der Waals surface area contributed by atoms with Crippen molar-refractivity contribution < 1.29 is 19.4 Å². The first-order chi connectivity index (χ1) is 7.64. The van der Waals surface area contributed by atoms with E-state index in [0.717, 1.165) is 0 Å². The minimum Gasteiger partial charge on any atom is -0.481 e. The molecule has 1 unspecified atom stereocenters. The number of carboxylic acids is 1. The average Bonchev–Trinajstić information content (AvgIpc) is 2.18. The molecule has 0 aromatic heterocycles. The monoisotopic (exact) mass is 243 g/mol. The molecule has 1 saturated heterocycles. The number of nitrogens with zero attached hydrogens (tertiary/aromatic N) is 1. The van der Waals surface area contributed by atoms with Gasteiger partial charge in [-0.15, -0.1) is 0 Å². The van der Waals surface area contributed by atoms with Gasteiger partial charge in [0.05, 0.1) is 12.1 Å². The van der Waals surface area contributed by atoms with Crippen LogP contribution in [-0.4, -0.2) is 46.2 Å². The van der Waals surface area contributed by atoms with Crippen molar-refractivity contribution in [2.24, 2.45) is 0 Å². The summed E-state index contributed by atoms with van der Waals surface area (Å²) in [6.45, 7) is 8.24. The topological polar surface area (TPSA) is 66.8 Å². The summed E-state index contributed by atoms with van der Waals surface area (Å²) in [7, 11) is 0. The van der Waals surface area contributed by atoms with Gasteiger partial charge in [-0.1, -0.05) is 0 Å². The lowest BCUT2D eigenvalue weighted by Gasteiger charge is -2.46. The quantitative estimate of drug-likeness (QED) is 0.810. The van der Waals surface area contributed by atoms with E-state index in [-0.39, 0.29) is 24.5 Å². The number of carbonyl (C=O) groups excluding carboxylic acids is 1. The smallest absolute Gasteiger partial charge is 0.303 e. The lowest BCUT2D eigenvalue weighted by Crippen LogP contribution is -2.59. The van der Waals surface area contributed by atoms with E-state index >= 15 is 0 Å². The maximum Gasteiger partial charge on any atom is 0.303 e. The van der Waals surface area contributed by atoms with Gasteiger partial charge in [-0.3, -0.25) is 9.59 Å². The summed E-state index contributed by atoms with van der Waals surface area (Å²) in [5.74, 6) is -0.876. The first-order valence-corrected chi connectivity index (χ1v) is 5.80. The predicted molar refractivity (Wildman–Crippen MR) is 62.7 cm³/mol. The lowest BCUT2D eigenvalue weighted by atomic mass is 9.94. The van der Waals surface area contributed by atoms with Crippen molar-refractivity contribution in [3.63, 3.8) is 0 Å². The van der Waals surface area contributed by atoms with Gasteiger partial charge in [0, 0.05) is 12.0 Å². The standard InChI is InChI=1S/C12H21NO4/c1-11(2,3)13-8-12(4,6-5-10(15)16)17-7-9(13)14/h5-8H2,1-4H3,(H,15,16). The highest BCUT2D eigenvalue weighted by atomic mass is 16.5. The molecule has 1 N–H and O–H groups in total. The maximum absolute atomic E-state index is 11.8. The highest BCUT2D eigenvalue weighted by Gasteiger charge is 2.40. The fraction of sp³-hybridized carbons (Fsp3) is 0.833. The molecular formula is C12H21NO4. The number of carboxylic acid groups (broad SMARTS) is 1. The normalized spacial score (nSPS) is 26.1. The van der Waals surface area contributed by atoms with Crippen LogP contribution in [0.15, 0.2) is 0 Å².